The molecule has 14 heteroatoms. The van der Waals surface area contributed by atoms with Gasteiger partial charge in [0.25, 0.3) is 0 Å². The Morgan fingerprint density at radius 1 is 0.512 bits per heavy atom. The molecule has 0 bridgehead atoms. The number of fused-ring (bicyclic) bond motifs is 1. The average Bonchev–Trinajstić information content (AvgIpc) is 3.63. The molecular weight excluding hydrogens is 1090 g/mol. The maximum atomic E-state index is 13.4. The third-order valence-corrected chi connectivity index (χ3v) is 14.5. The molecular formula is C72H86O14. The summed E-state index contributed by atoms with van der Waals surface area (Å²) in [5.41, 5.74) is 6.77. The highest BCUT2D eigenvalue weighted by atomic mass is 16.6. The van der Waals surface area contributed by atoms with E-state index in [-0.39, 0.29) is 46.9 Å². The molecule has 2 aliphatic rings. The lowest BCUT2D eigenvalue weighted by Gasteiger charge is -2.32. The summed E-state index contributed by atoms with van der Waals surface area (Å²) in [5, 5.41) is 0. The van der Waals surface area contributed by atoms with Gasteiger partial charge in [0, 0.05) is 29.9 Å². The number of rotatable bonds is 39. The standard InChI is InChI=1S/C72H86O14/c1-5-9-17-51-84-72(77)65-53-62(85-70(75)56-30-37-60(38-31-56)79-47-20-13-15-22-49-82-68(73)7-3)41-44-67(65)86-71(76)57-32-39-61(40-33-57)80-46-19-12-11-18-45-78-59-35-27-54(28-36-59)25-26-55-29-42-63-58(52-55)34-43-66(64(63)24-10-6-2)81-48-21-14-16-23-50-83-69(74)8-4/h7-8,27-33,35-41,44,52-53,66H,3-6,9-24,34,42-43,45-51H2,1-2H3. The van der Waals surface area contributed by atoms with Crippen LogP contribution in [-0.2, 0) is 28.5 Å². The highest BCUT2D eigenvalue weighted by molar-refractivity contribution is 5.97. The number of ether oxygens (including phenoxy) is 9. The minimum absolute atomic E-state index is 0.0408. The van der Waals surface area contributed by atoms with Crippen molar-refractivity contribution >= 4 is 29.8 Å². The molecule has 0 radical (unpaired) electrons. The molecule has 0 aliphatic heterocycles. The van der Waals surface area contributed by atoms with E-state index >= 15 is 0 Å². The molecule has 14 nitrogen and oxygen atoms in total. The first-order chi connectivity index (χ1) is 42.1. The van der Waals surface area contributed by atoms with Gasteiger partial charge in [-0.2, -0.15) is 0 Å². The SMILES string of the molecule is C=CC(=O)OCCCCCCOc1ccc(C(=O)Oc2ccc(OC(=O)c3ccc(OCCCCCCOc4ccc(C#CC5=CCC6=C(CCCC)C(OCCCCCCOC(=O)C=C)CCC6=C5)cc4)cc3)c(C(=O)OCCCCC)c2)cc1. The molecule has 86 heavy (non-hydrogen) atoms. The van der Waals surface area contributed by atoms with Crippen LogP contribution >= 0.6 is 0 Å². The fourth-order valence-corrected chi connectivity index (χ4v) is 9.67. The smallest absolute Gasteiger partial charge is 0.343 e. The van der Waals surface area contributed by atoms with Crippen LogP contribution in [0.15, 0.2) is 151 Å². The molecule has 458 valence electrons. The third kappa shape index (κ3) is 24.1. The fourth-order valence-electron chi connectivity index (χ4n) is 9.67. The molecule has 0 aromatic heterocycles. The number of unbranched alkanes of at least 4 members (excludes halogenated alkanes) is 12. The van der Waals surface area contributed by atoms with Crippen molar-refractivity contribution in [1.29, 1.82) is 0 Å². The Morgan fingerprint density at radius 3 is 1.55 bits per heavy atom. The highest BCUT2D eigenvalue weighted by Gasteiger charge is 2.28. The zero-order valence-corrected chi connectivity index (χ0v) is 50.5. The largest absolute Gasteiger partial charge is 0.494 e. The van der Waals surface area contributed by atoms with Crippen LogP contribution in [0.2, 0.25) is 0 Å². The zero-order valence-electron chi connectivity index (χ0n) is 50.5. The number of esters is 5. The maximum Gasteiger partial charge on any atom is 0.343 e. The maximum absolute atomic E-state index is 13.4. The summed E-state index contributed by atoms with van der Waals surface area (Å²) in [6, 6.07) is 25.3. The van der Waals surface area contributed by atoms with Crippen molar-refractivity contribution in [2.75, 3.05) is 46.2 Å². The number of benzene rings is 4. The fraction of sp³-hybridized carbons (Fsp3) is 0.431. The van der Waals surface area contributed by atoms with Crippen LogP contribution in [0, 0.1) is 11.8 Å². The molecule has 4 aromatic rings. The van der Waals surface area contributed by atoms with E-state index in [1.165, 1.54) is 41.0 Å². The van der Waals surface area contributed by atoms with Crippen LogP contribution in [0.1, 0.15) is 185 Å². The lowest BCUT2D eigenvalue weighted by Crippen LogP contribution is -2.24. The summed E-state index contributed by atoms with van der Waals surface area (Å²) in [6.45, 7) is 14.4. The van der Waals surface area contributed by atoms with Gasteiger partial charge in [0.2, 0.25) is 0 Å². The molecule has 4 aromatic carbocycles. The van der Waals surface area contributed by atoms with E-state index in [9.17, 15) is 24.0 Å². The lowest BCUT2D eigenvalue weighted by molar-refractivity contribution is -0.138. The zero-order chi connectivity index (χ0) is 61.0. The minimum Gasteiger partial charge on any atom is -0.494 e. The first-order valence-electron chi connectivity index (χ1n) is 30.9. The third-order valence-electron chi connectivity index (χ3n) is 14.5. The van der Waals surface area contributed by atoms with Crippen LogP contribution in [0.25, 0.3) is 0 Å². The lowest BCUT2D eigenvalue weighted by atomic mass is 9.78. The molecule has 0 N–H and O–H groups in total. The summed E-state index contributed by atoms with van der Waals surface area (Å²) in [4.78, 5) is 62.3. The second kappa shape index (κ2) is 38.7. The van der Waals surface area contributed by atoms with Gasteiger partial charge in [-0.05, 0) is 223 Å². The van der Waals surface area contributed by atoms with Gasteiger partial charge >= 0.3 is 29.8 Å². The molecule has 0 spiro atoms. The highest BCUT2D eigenvalue weighted by Crippen LogP contribution is 2.39. The van der Waals surface area contributed by atoms with E-state index in [1.807, 2.05) is 31.2 Å². The number of carbonyl (C=O) groups excluding carboxylic acids is 5. The van der Waals surface area contributed by atoms with Crippen molar-refractivity contribution in [3.8, 4) is 40.6 Å². The van der Waals surface area contributed by atoms with Crippen LogP contribution in [0.3, 0.4) is 0 Å². The van der Waals surface area contributed by atoms with Gasteiger partial charge < -0.3 is 42.6 Å². The Balaban J connectivity index is 0.874. The summed E-state index contributed by atoms with van der Waals surface area (Å²) in [6.07, 6.45) is 26.8. The molecule has 1 atom stereocenters. The van der Waals surface area contributed by atoms with Crippen LogP contribution in [0.5, 0.6) is 28.7 Å². The van der Waals surface area contributed by atoms with Crippen molar-refractivity contribution in [1.82, 2.24) is 0 Å². The van der Waals surface area contributed by atoms with E-state index in [1.54, 1.807) is 48.5 Å². The van der Waals surface area contributed by atoms with E-state index in [2.05, 4.69) is 44.1 Å². The van der Waals surface area contributed by atoms with Crippen molar-refractivity contribution in [2.45, 2.75) is 155 Å². The Labute approximate surface area is 508 Å². The predicted molar refractivity (Wildman–Crippen MR) is 333 cm³/mol. The quantitative estimate of drug-likeness (QED) is 0.0103. The Kier molecular flexibility index (Phi) is 30.2. The van der Waals surface area contributed by atoms with Crippen molar-refractivity contribution in [3.05, 3.63) is 173 Å². The van der Waals surface area contributed by atoms with Gasteiger partial charge in [0.1, 0.15) is 34.3 Å². The molecule has 1 unspecified atom stereocenters. The van der Waals surface area contributed by atoms with Crippen LogP contribution in [-0.4, -0.2) is 82.2 Å². The van der Waals surface area contributed by atoms with E-state index in [4.69, 9.17) is 42.6 Å². The molecule has 0 saturated heterocycles. The number of hydrogen-bond acceptors (Lipinski definition) is 14. The first kappa shape index (κ1) is 67.0. The second-order valence-electron chi connectivity index (χ2n) is 21.2. The van der Waals surface area contributed by atoms with Gasteiger partial charge in [0.15, 0.2) is 0 Å². The van der Waals surface area contributed by atoms with Gasteiger partial charge in [-0.3, -0.25) is 0 Å². The molecule has 2 aliphatic carbocycles. The Morgan fingerprint density at radius 2 is 1.00 bits per heavy atom. The van der Waals surface area contributed by atoms with Gasteiger partial charge in [0.05, 0.1) is 56.9 Å². The van der Waals surface area contributed by atoms with E-state index in [0.717, 1.165) is 158 Å². The molecule has 0 saturated carbocycles. The monoisotopic (exact) mass is 1170 g/mol. The second-order valence-corrected chi connectivity index (χ2v) is 21.2. The van der Waals surface area contributed by atoms with Gasteiger partial charge in [-0.15, -0.1) is 0 Å². The first-order valence-corrected chi connectivity index (χ1v) is 30.9. The van der Waals surface area contributed by atoms with Gasteiger partial charge in [-0.25, -0.2) is 24.0 Å². The number of carbonyl (C=O) groups is 5. The molecule has 0 fully saturated rings. The number of hydrogen-bond donors (Lipinski definition) is 0. The Hall–Kier alpha value is -8.15. The van der Waals surface area contributed by atoms with Crippen molar-refractivity contribution < 1.29 is 66.6 Å². The summed E-state index contributed by atoms with van der Waals surface area (Å²) < 4.78 is 51.3. The topological polar surface area (TPSA) is 168 Å². The van der Waals surface area contributed by atoms with Gasteiger partial charge in [-0.1, -0.05) is 70.6 Å². The minimum atomic E-state index is -0.716. The number of allylic oxidation sites excluding steroid dienone is 5. The normalized spacial score (nSPS) is 13.3. The van der Waals surface area contributed by atoms with Crippen LogP contribution < -0.4 is 23.7 Å². The predicted octanol–water partition coefficient (Wildman–Crippen LogP) is 15.7. The average molecular weight is 1180 g/mol. The molecule has 0 amide bonds. The molecule has 6 rings (SSSR count). The molecule has 0 heterocycles. The van der Waals surface area contributed by atoms with E-state index in [0.29, 0.717) is 51.0 Å². The van der Waals surface area contributed by atoms with E-state index < -0.39 is 23.9 Å². The van der Waals surface area contributed by atoms with Crippen molar-refractivity contribution in [3.63, 3.8) is 0 Å². The summed E-state index contributed by atoms with van der Waals surface area (Å²) >= 11 is 0. The summed E-state index contributed by atoms with van der Waals surface area (Å²) in [5.74, 6) is 5.97. The Bertz CT molecular complexity index is 2970. The van der Waals surface area contributed by atoms with Crippen LogP contribution in [0.4, 0.5) is 0 Å². The van der Waals surface area contributed by atoms with Crippen molar-refractivity contribution in [2.24, 2.45) is 0 Å². The summed E-state index contributed by atoms with van der Waals surface area (Å²) in [7, 11) is 0.